The number of hydrogen-bond acceptors (Lipinski definition) is 9. The molecular formula is C27H36N6O5S. The smallest absolute Gasteiger partial charge is 0.243 e. The van der Waals surface area contributed by atoms with Crippen molar-refractivity contribution in [3.8, 4) is 28.6 Å². The number of para-hydroxylation sites is 1. The number of aliphatic hydroxyl groups excluding tert-OH is 1. The van der Waals surface area contributed by atoms with Crippen LogP contribution in [0.2, 0.25) is 0 Å². The zero-order valence-electron chi connectivity index (χ0n) is 22.9. The van der Waals surface area contributed by atoms with Crippen molar-refractivity contribution in [2.75, 3.05) is 18.9 Å². The molecule has 2 aromatic carbocycles. The lowest BCUT2D eigenvalue weighted by Gasteiger charge is -2.19. The summed E-state index contributed by atoms with van der Waals surface area (Å²) < 4.78 is 41.9. The van der Waals surface area contributed by atoms with Gasteiger partial charge in [0.2, 0.25) is 16.0 Å². The van der Waals surface area contributed by atoms with E-state index in [1.165, 1.54) is 14.2 Å². The van der Waals surface area contributed by atoms with E-state index >= 15 is 0 Å². The van der Waals surface area contributed by atoms with E-state index in [2.05, 4.69) is 24.9 Å². The van der Waals surface area contributed by atoms with E-state index in [0.717, 1.165) is 11.1 Å². The summed E-state index contributed by atoms with van der Waals surface area (Å²) in [6.45, 7) is 6.91. The quantitative estimate of drug-likeness (QED) is 0.312. The van der Waals surface area contributed by atoms with Gasteiger partial charge in [0, 0.05) is 31.9 Å². The fraction of sp³-hybridized carbons (Fsp3) is 0.333. The molecule has 11 nitrogen and oxygen atoms in total. The Morgan fingerprint density at radius 2 is 1.51 bits per heavy atom. The fourth-order valence-corrected chi connectivity index (χ4v) is 4.46. The first-order valence-corrected chi connectivity index (χ1v) is 13.8. The Morgan fingerprint density at radius 3 is 2.05 bits per heavy atom. The van der Waals surface area contributed by atoms with Gasteiger partial charge < -0.3 is 14.6 Å². The molecule has 1 atom stereocenters. The average Bonchev–Trinajstić information content (AvgIpc) is 3.31. The van der Waals surface area contributed by atoms with Gasteiger partial charge in [-0.15, -0.1) is 10.2 Å². The van der Waals surface area contributed by atoms with Crippen molar-refractivity contribution in [3.05, 3.63) is 72.3 Å². The number of benzene rings is 2. The Hall–Kier alpha value is -4.03. The minimum Gasteiger partial charge on any atom is -0.494 e. The molecular weight excluding hydrogens is 520 g/mol. The van der Waals surface area contributed by atoms with Crippen LogP contribution in [0.15, 0.2) is 60.9 Å². The molecule has 0 bridgehead atoms. The van der Waals surface area contributed by atoms with Crippen LogP contribution in [0, 0.1) is 6.92 Å². The molecule has 0 fully saturated rings. The maximum absolute atomic E-state index is 13.3. The number of rotatable bonds is 9. The van der Waals surface area contributed by atoms with Gasteiger partial charge in [-0.1, -0.05) is 36.4 Å². The Labute approximate surface area is 230 Å². The Kier molecular flexibility index (Phi) is 9.96. The van der Waals surface area contributed by atoms with Gasteiger partial charge in [-0.3, -0.25) is 9.29 Å². The largest absolute Gasteiger partial charge is 0.494 e. The Bertz CT molecular complexity index is 1440. The van der Waals surface area contributed by atoms with Crippen molar-refractivity contribution < 1.29 is 24.4 Å². The van der Waals surface area contributed by atoms with Crippen molar-refractivity contribution in [2.24, 2.45) is 0 Å². The van der Waals surface area contributed by atoms with E-state index in [-0.39, 0.29) is 19.9 Å². The van der Waals surface area contributed by atoms with Crippen LogP contribution in [-0.4, -0.2) is 63.8 Å². The molecule has 0 unspecified atom stereocenters. The molecule has 2 aromatic heterocycles. The van der Waals surface area contributed by atoms with Crippen LogP contribution in [-0.2, 0) is 16.4 Å². The number of nitrogens with zero attached hydrogens (tertiary/aromatic N) is 5. The van der Waals surface area contributed by atoms with E-state index in [1.807, 2.05) is 37.3 Å². The normalized spacial score (nSPS) is 11.9. The lowest BCUT2D eigenvalue weighted by Crippen LogP contribution is -2.29. The highest BCUT2D eigenvalue weighted by Crippen LogP contribution is 2.37. The van der Waals surface area contributed by atoms with Crippen LogP contribution in [0.25, 0.3) is 17.1 Å². The highest BCUT2D eigenvalue weighted by molar-refractivity contribution is 7.93. The predicted octanol–water partition coefficient (Wildman–Crippen LogP) is 4.06. The molecule has 0 aliphatic carbocycles. The van der Waals surface area contributed by atoms with Crippen LogP contribution in [0.5, 0.6) is 11.5 Å². The van der Waals surface area contributed by atoms with Crippen LogP contribution in [0.3, 0.4) is 0 Å². The number of aryl methyl sites for hydroxylation is 1. The molecule has 2 N–H and O–H groups in total. The van der Waals surface area contributed by atoms with Gasteiger partial charge in [-0.05, 0) is 45.4 Å². The summed E-state index contributed by atoms with van der Waals surface area (Å²) >= 11 is 0. The van der Waals surface area contributed by atoms with Crippen LogP contribution in [0.4, 0.5) is 5.95 Å². The number of anilines is 1. The Morgan fingerprint density at radius 1 is 0.949 bits per heavy atom. The number of aliphatic hydroxyl groups is 1. The lowest BCUT2D eigenvalue weighted by atomic mass is 10.2. The zero-order valence-corrected chi connectivity index (χ0v) is 23.7. The average molecular weight is 557 g/mol. The van der Waals surface area contributed by atoms with Gasteiger partial charge in [0.15, 0.2) is 5.82 Å². The van der Waals surface area contributed by atoms with E-state index in [9.17, 15) is 8.42 Å². The molecule has 0 spiro atoms. The highest BCUT2D eigenvalue weighted by Gasteiger charge is 2.28. The number of hydrogen-bond donors (Lipinski definition) is 2. The van der Waals surface area contributed by atoms with E-state index in [4.69, 9.17) is 14.6 Å². The number of aromatic nitrogens is 5. The molecule has 12 heteroatoms. The second kappa shape index (κ2) is 13.2. The van der Waals surface area contributed by atoms with E-state index < -0.39 is 15.3 Å². The second-order valence-electron chi connectivity index (χ2n) is 8.99. The molecule has 0 saturated heterocycles. The third kappa shape index (κ3) is 7.52. The summed E-state index contributed by atoms with van der Waals surface area (Å²) in [5.74, 6) is 1.78. The topological polar surface area (TPSA) is 141 Å². The summed E-state index contributed by atoms with van der Waals surface area (Å²) in [4.78, 5) is 8.45. The van der Waals surface area contributed by atoms with Gasteiger partial charge in [-0.25, -0.2) is 18.4 Å². The third-order valence-electron chi connectivity index (χ3n) is 5.39. The number of methoxy groups -OCH3 is 2. The minimum absolute atomic E-state index is 0. The summed E-state index contributed by atoms with van der Waals surface area (Å²) in [6, 6.07) is 14.6. The summed E-state index contributed by atoms with van der Waals surface area (Å²) in [5.41, 5.74) is 2.10. The van der Waals surface area contributed by atoms with E-state index in [0.29, 0.717) is 28.8 Å². The standard InChI is InChI=1S/C24H26N6O4S.C3H8O.H2/c1-16-14-25-21(26-15-16)13-17(2)35(31,32)29-24-28-27-23(18-9-6-5-7-10-18)30(24)22-19(33-3)11-8-12-20(22)34-4;1-3(2)4;/h5-12,14-15,17H,13H2,1-4H3,(H,28,29);3-4H,1-2H3;1H/t17-;;/m0../s1. The van der Waals surface area contributed by atoms with Gasteiger partial charge in [0.1, 0.15) is 23.0 Å². The molecule has 210 valence electrons. The minimum atomic E-state index is -3.90. The van der Waals surface area contributed by atoms with E-state index in [1.54, 1.807) is 55.9 Å². The Balaban J connectivity index is 0.00000105. The highest BCUT2D eigenvalue weighted by atomic mass is 32.2. The molecule has 0 saturated carbocycles. The van der Waals surface area contributed by atoms with Crippen LogP contribution in [0.1, 0.15) is 33.6 Å². The molecule has 0 aliphatic heterocycles. The van der Waals surface area contributed by atoms with Crippen LogP contribution >= 0.6 is 0 Å². The SMILES string of the molecule is CC(C)O.COc1cccc(OC)c1-n1c(NS(=O)(=O)[C@@H](C)Cc2ncc(C)cn2)nnc1-c1ccccc1.[HH]. The number of ether oxygens (including phenoxy) is 2. The summed E-state index contributed by atoms with van der Waals surface area (Å²) in [7, 11) is -0.843. The maximum atomic E-state index is 13.3. The molecule has 2 heterocycles. The van der Waals surface area contributed by atoms with Gasteiger partial charge in [-0.2, -0.15) is 0 Å². The van der Waals surface area contributed by atoms with Crippen molar-refractivity contribution in [2.45, 2.75) is 45.5 Å². The molecule has 0 aliphatic rings. The van der Waals surface area contributed by atoms with Gasteiger partial charge >= 0.3 is 0 Å². The predicted molar refractivity (Wildman–Crippen MR) is 152 cm³/mol. The molecule has 4 aromatic rings. The molecule has 0 amide bonds. The third-order valence-corrected chi connectivity index (χ3v) is 7.08. The van der Waals surface area contributed by atoms with Crippen molar-refractivity contribution in [3.63, 3.8) is 0 Å². The second-order valence-corrected chi connectivity index (χ2v) is 11.1. The summed E-state index contributed by atoms with van der Waals surface area (Å²) in [5, 5.41) is 15.7. The van der Waals surface area contributed by atoms with Crippen molar-refractivity contribution in [1.82, 2.24) is 24.7 Å². The number of sulfonamides is 1. The summed E-state index contributed by atoms with van der Waals surface area (Å²) in [6.07, 6.45) is 3.28. The van der Waals surface area contributed by atoms with Gasteiger partial charge in [0.05, 0.1) is 19.5 Å². The zero-order chi connectivity index (χ0) is 28.6. The molecule has 39 heavy (non-hydrogen) atoms. The van der Waals surface area contributed by atoms with Gasteiger partial charge in [0.25, 0.3) is 0 Å². The van der Waals surface area contributed by atoms with Crippen molar-refractivity contribution in [1.29, 1.82) is 0 Å². The first kappa shape index (κ1) is 29.5. The first-order valence-electron chi connectivity index (χ1n) is 12.3. The van der Waals surface area contributed by atoms with Crippen LogP contribution < -0.4 is 14.2 Å². The lowest BCUT2D eigenvalue weighted by molar-refractivity contribution is 0.216. The first-order chi connectivity index (χ1) is 18.6. The molecule has 0 radical (unpaired) electrons. The number of nitrogens with one attached hydrogen (secondary N) is 1. The fourth-order valence-electron chi connectivity index (χ4n) is 3.51. The van der Waals surface area contributed by atoms with Crippen molar-refractivity contribution >= 4 is 16.0 Å². The molecule has 4 rings (SSSR count). The monoisotopic (exact) mass is 556 g/mol. The maximum Gasteiger partial charge on any atom is 0.243 e.